The molecule has 1 aliphatic rings. The normalized spacial score (nSPS) is 15.0. The molecule has 1 fully saturated rings. The highest BCUT2D eigenvalue weighted by atomic mass is 16.4. The van der Waals surface area contributed by atoms with Gasteiger partial charge >= 0.3 is 5.97 Å². The van der Waals surface area contributed by atoms with Crippen LogP contribution in [-0.4, -0.2) is 47.2 Å². The highest BCUT2D eigenvalue weighted by Gasteiger charge is 2.20. The lowest BCUT2D eigenvalue weighted by Gasteiger charge is -2.35. The zero-order valence-corrected chi connectivity index (χ0v) is 13.1. The van der Waals surface area contributed by atoms with Crippen molar-refractivity contribution in [3.05, 3.63) is 54.1 Å². The van der Waals surface area contributed by atoms with E-state index in [1.165, 1.54) is 5.69 Å². The number of anilines is 2. The number of fused-ring (bicyclic) bond motifs is 1. The highest BCUT2D eigenvalue weighted by Crippen LogP contribution is 2.22. The van der Waals surface area contributed by atoms with Gasteiger partial charge in [0.2, 0.25) is 5.95 Å². The quantitative estimate of drug-likeness (QED) is 0.775. The number of hydrogen-bond donors (Lipinski definition) is 2. The topological polar surface area (TPSA) is 72.5 Å². The van der Waals surface area contributed by atoms with Crippen LogP contribution in [0.2, 0.25) is 0 Å². The number of aromatic nitrogens is 2. The van der Waals surface area contributed by atoms with Crippen molar-refractivity contribution in [3.63, 3.8) is 0 Å². The van der Waals surface area contributed by atoms with Gasteiger partial charge in [-0.05, 0) is 30.3 Å². The third-order valence-corrected chi connectivity index (χ3v) is 4.42. The minimum atomic E-state index is -0.926. The second-order valence-corrected chi connectivity index (χ2v) is 5.91. The Labute approximate surface area is 139 Å². The van der Waals surface area contributed by atoms with Gasteiger partial charge in [0.15, 0.2) is 0 Å². The molecular formula is C18H18N4O2. The fraction of sp³-hybridized carbons (Fsp3) is 0.222. The van der Waals surface area contributed by atoms with E-state index in [1.807, 2.05) is 6.07 Å². The summed E-state index contributed by atoms with van der Waals surface area (Å²) in [7, 11) is 0. The number of aromatic amines is 1. The molecule has 1 aliphatic heterocycles. The number of hydrogen-bond acceptors (Lipinski definition) is 4. The Bertz CT molecular complexity index is 867. The molecular weight excluding hydrogens is 304 g/mol. The number of imidazole rings is 1. The number of carboxylic acid groups (broad SMARTS) is 1. The first-order valence-electron chi connectivity index (χ1n) is 7.99. The van der Waals surface area contributed by atoms with Crippen molar-refractivity contribution >= 4 is 28.6 Å². The number of rotatable bonds is 3. The van der Waals surface area contributed by atoms with E-state index in [4.69, 9.17) is 5.11 Å². The summed E-state index contributed by atoms with van der Waals surface area (Å²) in [6, 6.07) is 15.4. The van der Waals surface area contributed by atoms with Gasteiger partial charge in [-0.3, -0.25) is 0 Å². The summed E-state index contributed by atoms with van der Waals surface area (Å²) in [6.45, 7) is 3.61. The summed E-state index contributed by atoms with van der Waals surface area (Å²) in [4.78, 5) is 23.5. The van der Waals surface area contributed by atoms with Gasteiger partial charge in [0.25, 0.3) is 0 Å². The minimum absolute atomic E-state index is 0.270. The van der Waals surface area contributed by atoms with E-state index in [0.717, 1.165) is 43.2 Å². The van der Waals surface area contributed by atoms with Crippen LogP contribution < -0.4 is 9.80 Å². The maximum atomic E-state index is 11.1. The molecule has 0 atom stereocenters. The molecule has 1 saturated heterocycles. The maximum absolute atomic E-state index is 11.1. The van der Waals surface area contributed by atoms with E-state index in [0.29, 0.717) is 0 Å². The third kappa shape index (κ3) is 2.67. The molecule has 0 saturated carbocycles. The van der Waals surface area contributed by atoms with Gasteiger partial charge in [0.05, 0.1) is 16.6 Å². The second kappa shape index (κ2) is 5.88. The van der Waals surface area contributed by atoms with Crippen molar-refractivity contribution in [1.82, 2.24) is 9.97 Å². The lowest BCUT2D eigenvalue weighted by atomic mass is 10.2. The number of aromatic carboxylic acids is 1. The van der Waals surface area contributed by atoms with Gasteiger partial charge in [0.1, 0.15) is 0 Å². The highest BCUT2D eigenvalue weighted by molar-refractivity contribution is 5.92. The number of H-pyrrole nitrogens is 1. The van der Waals surface area contributed by atoms with Crippen LogP contribution in [-0.2, 0) is 0 Å². The van der Waals surface area contributed by atoms with Crippen LogP contribution in [0.3, 0.4) is 0 Å². The fourth-order valence-electron chi connectivity index (χ4n) is 3.09. The van der Waals surface area contributed by atoms with E-state index in [-0.39, 0.29) is 5.56 Å². The molecule has 24 heavy (non-hydrogen) atoms. The van der Waals surface area contributed by atoms with E-state index in [2.05, 4.69) is 44.0 Å². The molecule has 0 spiro atoms. The smallest absolute Gasteiger partial charge is 0.335 e. The first kappa shape index (κ1) is 14.6. The molecule has 0 amide bonds. The zero-order valence-electron chi connectivity index (χ0n) is 13.1. The number of benzene rings is 2. The van der Waals surface area contributed by atoms with Crippen molar-refractivity contribution in [2.75, 3.05) is 36.0 Å². The summed E-state index contributed by atoms with van der Waals surface area (Å²) in [6.07, 6.45) is 0. The van der Waals surface area contributed by atoms with Crippen molar-refractivity contribution in [3.8, 4) is 0 Å². The fourth-order valence-corrected chi connectivity index (χ4v) is 3.09. The van der Waals surface area contributed by atoms with E-state index < -0.39 is 5.97 Å². The lowest BCUT2D eigenvalue weighted by Crippen LogP contribution is -2.46. The maximum Gasteiger partial charge on any atom is 0.335 e. The molecule has 0 bridgehead atoms. The number of nitrogens with one attached hydrogen (secondary N) is 1. The Morgan fingerprint density at radius 2 is 1.71 bits per heavy atom. The number of nitrogens with zero attached hydrogens (tertiary/aromatic N) is 3. The number of para-hydroxylation sites is 1. The SMILES string of the molecule is O=C(O)c1ccc2nc(N3CCN(c4ccccc4)CC3)[nH]c2c1. The molecule has 2 aromatic carbocycles. The molecule has 1 aromatic heterocycles. The second-order valence-electron chi connectivity index (χ2n) is 5.91. The molecule has 6 heteroatoms. The summed E-state index contributed by atoms with van der Waals surface area (Å²) >= 11 is 0. The van der Waals surface area contributed by atoms with Gasteiger partial charge < -0.3 is 19.9 Å². The average Bonchev–Trinajstić information content (AvgIpc) is 3.06. The van der Waals surface area contributed by atoms with Crippen LogP contribution >= 0.6 is 0 Å². The van der Waals surface area contributed by atoms with Crippen LogP contribution in [0.4, 0.5) is 11.6 Å². The molecule has 3 aromatic rings. The Balaban J connectivity index is 1.51. The molecule has 0 aliphatic carbocycles. The van der Waals surface area contributed by atoms with Gasteiger partial charge in [-0.25, -0.2) is 9.78 Å². The summed E-state index contributed by atoms with van der Waals surface area (Å²) in [5.74, 6) is -0.121. The van der Waals surface area contributed by atoms with Crippen molar-refractivity contribution in [2.45, 2.75) is 0 Å². The number of carbonyl (C=O) groups is 1. The molecule has 2 heterocycles. The largest absolute Gasteiger partial charge is 0.478 e. The van der Waals surface area contributed by atoms with Gasteiger partial charge in [0, 0.05) is 31.9 Å². The Morgan fingerprint density at radius 1 is 1.00 bits per heavy atom. The molecule has 122 valence electrons. The third-order valence-electron chi connectivity index (χ3n) is 4.42. The Hall–Kier alpha value is -3.02. The average molecular weight is 322 g/mol. The van der Waals surface area contributed by atoms with E-state index in [1.54, 1.807) is 18.2 Å². The monoisotopic (exact) mass is 322 g/mol. The van der Waals surface area contributed by atoms with Crippen molar-refractivity contribution < 1.29 is 9.90 Å². The van der Waals surface area contributed by atoms with Gasteiger partial charge in [-0.2, -0.15) is 0 Å². The van der Waals surface area contributed by atoms with Crippen LogP contribution in [0, 0.1) is 0 Å². The van der Waals surface area contributed by atoms with Gasteiger partial charge in [-0.15, -0.1) is 0 Å². The first-order valence-corrected chi connectivity index (χ1v) is 7.99. The van der Waals surface area contributed by atoms with Crippen molar-refractivity contribution in [2.24, 2.45) is 0 Å². The van der Waals surface area contributed by atoms with Crippen LogP contribution in [0.15, 0.2) is 48.5 Å². The first-order chi connectivity index (χ1) is 11.7. The molecule has 4 rings (SSSR count). The molecule has 0 unspecified atom stereocenters. The minimum Gasteiger partial charge on any atom is -0.478 e. The summed E-state index contributed by atoms with van der Waals surface area (Å²) < 4.78 is 0. The Morgan fingerprint density at radius 3 is 2.42 bits per heavy atom. The van der Waals surface area contributed by atoms with Crippen molar-refractivity contribution in [1.29, 1.82) is 0 Å². The predicted octanol–water partition coefficient (Wildman–Crippen LogP) is 2.59. The van der Waals surface area contributed by atoms with Crippen LogP contribution in [0.25, 0.3) is 11.0 Å². The predicted molar refractivity (Wildman–Crippen MR) is 93.9 cm³/mol. The summed E-state index contributed by atoms with van der Waals surface area (Å²) in [5.41, 5.74) is 3.07. The zero-order chi connectivity index (χ0) is 16.5. The standard InChI is InChI=1S/C18H18N4O2/c23-17(24)13-6-7-15-16(12-13)20-18(19-15)22-10-8-21(9-11-22)14-4-2-1-3-5-14/h1-7,12H,8-11H2,(H,19,20)(H,23,24). The van der Waals surface area contributed by atoms with Gasteiger partial charge in [-0.1, -0.05) is 18.2 Å². The van der Waals surface area contributed by atoms with Crippen LogP contribution in [0.5, 0.6) is 0 Å². The number of piperazine rings is 1. The molecule has 6 nitrogen and oxygen atoms in total. The summed E-state index contributed by atoms with van der Waals surface area (Å²) in [5, 5.41) is 9.09. The molecule has 2 N–H and O–H groups in total. The lowest BCUT2D eigenvalue weighted by molar-refractivity contribution is 0.0697. The van der Waals surface area contributed by atoms with E-state index in [9.17, 15) is 4.79 Å². The van der Waals surface area contributed by atoms with Crippen LogP contribution in [0.1, 0.15) is 10.4 Å². The molecule has 0 radical (unpaired) electrons. The Kier molecular flexibility index (Phi) is 3.57. The number of carboxylic acids is 1. The van der Waals surface area contributed by atoms with E-state index >= 15 is 0 Å².